The van der Waals surface area contributed by atoms with Crippen molar-refractivity contribution in [2.45, 2.75) is 26.0 Å². The lowest BCUT2D eigenvalue weighted by Gasteiger charge is -2.31. The molecule has 2 N–H and O–H groups in total. The van der Waals surface area contributed by atoms with E-state index < -0.39 is 0 Å². The Bertz CT molecular complexity index is 124. The predicted molar refractivity (Wildman–Crippen MR) is 46.7 cm³/mol. The number of hydrogen-bond acceptors (Lipinski definition) is 4. The maximum atomic E-state index is 9.23. The molecule has 0 saturated carbocycles. The maximum absolute atomic E-state index is 9.23. The smallest absolute Gasteiger partial charge is 0.0676 e. The van der Waals surface area contributed by atoms with Crippen LogP contribution in [0.3, 0.4) is 0 Å². The molecule has 12 heavy (non-hydrogen) atoms. The first-order valence-corrected chi connectivity index (χ1v) is 4.47. The Hall–Kier alpha value is -0.160. The highest BCUT2D eigenvalue weighted by Gasteiger charge is 2.15. The molecule has 0 bridgehead atoms. The summed E-state index contributed by atoms with van der Waals surface area (Å²) in [7, 11) is 0. The van der Waals surface area contributed by atoms with Gasteiger partial charge in [-0.1, -0.05) is 0 Å². The zero-order chi connectivity index (χ0) is 8.97. The van der Waals surface area contributed by atoms with Crippen LogP contribution in [-0.2, 0) is 4.74 Å². The van der Waals surface area contributed by atoms with Crippen molar-refractivity contribution in [2.75, 3.05) is 26.3 Å². The lowest BCUT2D eigenvalue weighted by Crippen LogP contribution is -2.52. The zero-order valence-electron chi connectivity index (χ0n) is 7.79. The number of ether oxygens (including phenoxy) is 1. The van der Waals surface area contributed by atoms with Crippen LogP contribution in [0, 0.1) is 0 Å². The molecule has 0 aromatic heterocycles. The Morgan fingerprint density at radius 2 is 1.92 bits per heavy atom. The lowest BCUT2D eigenvalue weighted by atomic mass is 10.2. The van der Waals surface area contributed by atoms with Crippen LogP contribution < -0.4 is 5.43 Å². The minimum absolute atomic E-state index is 0.114. The minimum atomic E-state index is -0.312. The molecule has 2 atom stereocenters. The Morgan fingerprint density at radius 1 is 1.33 bits per heavy atom. The summed E-state index contributed by atoms with van der Waals surface area (Å²) in [5.74, 6) is 0. The summed E-state index contributed by atoms with van der Waals surface area (Å²) in [4.78, 5) is 0. The summed E-state index contributed by atoms with van der Waals surface area (Å²) in [6, 6.07) is 0.114. The van der Waals surface area contributed by atoms with Crippen molar-refractivity contribution < 1.29 is 9.84 Å². The van der Waals surface area contributed by atoms with Gasteiger partial charge in [0.1, 0.15) is 0 Å². The second kappa shape index (κ2) is 4.77. The average Bonchev–Trinajstić information content (AvgIpc) is 2.06. The van der Waals surface area contributed by atoms with Crippen LogP contribution in [0.15, 0.2) is 0 Å². The van der Waals surface area contributed by atoms with Crippen LogP contribution in [0.1, 0.15) is 13.8 Å². The predicted octanol–water partition coefficient (Wildman–Crippen LogP) is -0.407. The molecule has 0 aromatic rings. The summed E-state index contributed by atoms with van der Waals surface area (Å²) < 4.78 is 5.20. The van der Waals surface area contributed by atoms with E-state index in [0.717, 1.165) is 26.3 Å². The first kappa shape index (κ1) is 9.92. The SMILES string of the molecule is CC(O)C(C)NN1CCOCC1. The molecule has 72 valence electrons. The number of aliphatic hydroxyl groups excluding tert-OH is 1. The van der Waals surface area contributed by atoms with Gasteiger partial charge in [-0.05, 0) is 13.8 Å². The average molecular weight is 174 g/mol. The van der Waals surface area contributed by atoms with Crippen molar-refractivity contribution in [1.29, 1.82) is 0 Å². The van der Waals surface area contributed by atoms with Gasteiger partial charge in [0, 0.05) is 19.1 Å². The fourth-order valence-electron chi connectivity index (χ4n) is 1.09. The molecule has 1 aliphatic rings. The van der Waals surface area contributed by atoms with Gasteiger partial charge in [0.2, 0.25) is 0 Å². The second-order valence-electron chi connectivity index (χ2n) is 3.26. The van der Waals surface area contributed by atoms with Crippen LogP contribution >= 0.6 is 0 Å². The normalized spacial score (nSPS) is 25.2. The molecule has 0 spiro atoms. The lowest BCUT2D eigenvalue weighted by molar-refractivity contribution is -0.00830. The zero-order valence-corrected chi connectivity index (χ0v) is 7.79. The Labute approximate surface area is 73.5 Å². The molecular formula is C8H18N2O2. The van der Waals surface area contributed by atoms with Crippen molar-refractivity contribution >= 4 is 0 Å². The summed E-state index contributed by atoms with van der Waals surface area (Å²) in [5, 5.41) is 11.3. The molecule has 0 amide bonds. The fourth-order valence-corrected chi connectivity index (χ4v) is 1.09. The summed E-state index contributed by atoms with van der Waals surface area (Å²) >= 11 is 0. The first-order valence-electron chi connectivity index (χ1n) is 4.47. The van der Waals surface area contributed by atoms with Crippen LogP contribution in [0.25, 0.3) is 0 Å². The van der Waals surface area contributed by atoms with Gasteiger partial charge in [-0.2, -0.15) is 0 Å². The van der Waals surface area contributed by atoms with Gasteiger partial charge in [0.15, 0.2) is 0 Å². The molecule has 1 heterocycles. The first-order chi connectivity index (χ1) is 5.70. The molecule has 0 aromatic carbocycles. The standard InChI is InChI=1S/C8H18N2O2/c1-7(8(2)11)9-10-3-5-12-6-4-10/h7-9,11H,3-6H2,1-2H3. The topological polar surface area (TPSA) is 44.7 Å². The second-order valence-corrected chi connectivity index (χ2v) is 3.26. The number of aliphatic hydroxyl groups is 1. The van der Waals surface area contributed by atoms with Gasteiger partial charge in [-0.3, -0.25) is 0 Å². The Morgan fingerprint density at radius 3 is 2.42 bits per heavy atom. The number of hydrazine groups is 1. The highest BCUT2D eigenvalue weighted by atomic mass is 16.5. The van der Waals surface area contributed by atoms with Gasteiger partial charge < -0.3 is 9.84 Å². The highest BCUT2D eigenvalue weighted by molar-refractivity contribution is 4.67. The quantitative estimate of drug-likeness (QED) is 0.610. The largest absolute Gasteiger partial charge is 0.392 e. The van der Waals surface area contributed by atoms with Gasteiger partial charge in [0.05, 0.1) is 19.3 Å². The van der Waals surface area contributed by atoms with E-state index in [9.17, 15) is 5.11 Å². The van der Waals surface area contributed by atoms with Gasteiger partial charge >= 0.3 is 0 Å². The van der Waals surface area contributed by atoms with Crippen LogP contribution in [-0.4, -0.2) is 48.6 Å². The third-order valence-corrected chi connectivity index (χ3v) is 2.12. The van der Waals surface area contributed by atoms with E-state index in [2.05, 4.69) is 10.4 Å². The number of nitrogens with one attached hydrogen (secondary N) is 1. The van der Waals surface area contributed by atoms with E-state index >= 15 is 0 Å². The van der Waals surface area contributed by atoms with Crippen molar-refractivity contribution in [2.24, 2.45) is 0 Å². The summed E-state index contributed by atoms with van der Waals surface area (Å²) in [5.41, 5.74) is 3.22. The van der Waals surface area contributed by atoms with Crippen molar-refractivity contribution in [3.63, 3.8) is 0 Å². The molecule has 2 unspecified atom stereocenters. The molecule has 0 aliphatic carbocycles. The van der Waals surface area contributed by atoms with Crippen molar-refractivity contribution in [3.05, 3.63) is 0 Å². The Kier molecular flexibility index (Phi) is 3.94. The summed E-state index contributed by atoms with van der Waals surface area (Å²) in [6.07, 6.45) is -0.312. The van der Waals surface area contributed by atoms with E-state index in [1.807, 2.05) is 6.92 Å². The van der Waals surface area contributed by atoms with E-state index in [1.165, 1.54) is 0 Å². The molecule has 1 rings (SSSR count). The third-order valence-electron chi connectivity index (χ3n) is 2.12. The molecule has 4 heteroatoms. The number of nitrogens with zero attached hydrogens (tertiary/aromatic N) is 1. The van der Waals surface area contributed by atoms with E-state index in [1.54, 1.807) is 6.92 Å². The molecule has 1 saturated heterocycles. The molecule has 0 radical (unpaired) electrons. The van der Waals surface area contributed by atoms with Crippen LogP contribution in [0.4, 0.5) is 0 Å². The number of rotatable bonds is 3. The summed E-state index contributed by atoms with van der Waals surface area (Å²) in [6.45, 7) is 7.12. The molecule has 4 nitrogen and oxygen atoms in total. The van der Waals surface area contributed by atoms with Crippen LogP contribution in [0.2, 0.25) is 0 Å². The number of hydrogen-bond donors (Lipinski definition) is 2. The van der Waals surface area contributed by atoms with Gasteiger partial charge in [-0.25, -0.2) is 10.4 Å². The van der Waals surface area contributed by atoms with E-state index in [4.69, 9.17) is 4.74 Å². The van der Waals surface area contributed by atoms with E-state index in [-0.39, 0.29) is 12.1 Å². The highest BCUT2D eigenvalue weighted by Crippen LogP contribution is 1.97. The number of morpholine rings is 1. The van der Waals surface area contributed by atoms with Crippen molar-refractivity contribution in [1.82, 2.24) is 10.4 Å². The molecule has 1 aliphatic heterocycles. The minimum Gasteiger partial charge on any atom is -0.392 e. The Balaban J connectivity index is 2.20. The van der Waals surface area contributed by atoms with Crippen LogP contribution in [0.5, 0.6) is 0 Å². The van der Waals surface area contributed by atoms with E-state index in [0.29, 0.717) is 0 Å². The van der Waals surface area contributed by atoms with Gasteiger partial charge in [0.25, 0.3) is 0 Å². The monoisotopic (exact) mass is 174 g/mol. The third kappa shape index (κ3) is 3.06. The molecular weight excluding hydrogens is 156 g/mol. The van der Waals surface area contributed by atoms with Gasteiger partial charge in [-0.15, -0.1) is 0 Å². The maximum Gasteiger partial charge on any atom is 0.0676 e. The molecule has 1 fully saturated rings. The fraction of sp³-hybridized carbons (Fsp3) is 1.00. The van der Waals surface area contributed by atoms with Crippen molar-refractivity contribution in [3.8, 4) is 0 Å².